The van der Waals surface area contributed by atoms with Crippen LogP contribution < -0.4 is 11.2 Å². The van der Waals surface area contributed by atoms with Crippen molar-refractivity contribution in [3.63, 3.8) is 0 Å². The molecule has 0 atom stereocenters. The van der Waals surface area contributed by atoms with E-state index in [1.54, 1.807) is 5.38 Å². The maximum atomic E-state index is 5.57. The van der Waals surface area contributed by atoms with Gasteiger partial charge in [0.2, 0.25) is 5.13 Å². The van der Waals surface area contributed by atoms with Crippen LogP contribution in [0.4, 0.5) is 10.9 Å². The molecule has 1 aliphatic rings. The number of nitrogen functional groups attached to an aromatic ring is 1. The first kappa shape index (κ1) is 15.0. The average molecular weight is 315 g/mol. The molecule has 1 fully saturated rings. The quantitative estimate of drug-likeness (QED) is 0.657. The highest BCUT2D eigenvalue weighted by Gasteiger charge is 2.10. The van der Waals surface area contributed by atoms with E-state index in [0.717, 1.165) is 12.1 Å². The summed E-state index contributed by atoms with van der Waals surface area (Å²) in [6, 6.07) is 8.51. The molecule has 22 heavy (non-hydrogen) atoms. The second kappa shape index (κ2) is 7.38. The van der Waals surface area contributed by atoms with E-state index in [9.17, 15) is 0 Å². The van der Waals surface area contributed by atoms with Gasteiger partial charge in [0.25, 0.3) is 0 Å². The number of benzene rings is 1. The zero-order chi connectivity index (χ0) is 15.2. The maximum absolute atomic E-state index is 5.57. The highest BCUT2D eigenvalue weighted by molar-refractivity contribution is 7.14. The predicted octanol–water partition coefficient (Wildman–Crippen LogP) is 3.16. The van der Waals surface area contributed by atoms with Crippen molar-refractivity contribution in [2.24, 2.45) is 5.10 Å². The number of rotatable bonds is 5. The third-order valence-corrected chi connectivity index (χ3v) is 4.47. The van der Waals surface area contributed by atoms with E-state index in [4.69, 9.17) is 5.73 Å². The van der Waals surface area contributed by atoms with Gasteiger partial charge in [-0.25, -0.2) is 4.98 Å². The van der Waals surface area contributed by atoms with Crippen molar-refractivity contribution < 1.29 is 0 Å². The van der Waals surface area contributed by atoms with Gasteiger partial charge in [-0.3, -0.25) is 10.3 Å². The third-order valence-electron chi connectivity index (χ3n) is 3.70. The lowest BCUT2D eigenvalue weighted by Gasteiger charge is -2.26. The Balaban J connectivity index is 1.58. The van der Waals surface area contributed by atoms with Gasteiger partial charge in [0, 0.05) is 11.9 Å². The number of hydrogen-bond donors (Lipinski definition) is 2. The number of hydrazone groups is 1. The highest BCUT2D eigenvalue weighted by atomic mass is 32.1. The standard InChI is InChI=1S/C16H21N5S/c17-15-12-22-16(19-15)20-18-10-13-5-4-6-14(9-13)11-21-7-2-1-3-8-21/h4-6,9-10,12H,1-3,7-8,11,17H2,(H,19,20). The number of anilines is 2. The normalized spacial score (nSPS) is 16.2. The molecule has 6 heteroatoms. The summed E-state index contributed by atoms with van der Waals surface area (Å²) in [5, 5.41) is 6.71. The smallest absolute Gasteiger partial charge is 0.205 e. The molecule has 2 aromatic rings. The fourth-order valence-corrected chi connectivity index (χ4v) is 3.20. The van der Waals surface area contributed by atoms with Crippen LogP contribution in [0.15, 0.2) is 34.7 Å². The van der Waals surface area contributed by atoms with Crippen LogP contribution in [0.1, 0.15) is 30.4 Å². The molecule has 0 bridgehead atoms. The third kappa shape index (κ3) is 4.29. The lowest BCUT2D eigenvalue weighted by atomic mass is 10.1. The Bertz CT molecular complexity index is 631. The Morgan fingerprint density at radius 1 is 1.32 bits per heavy atom. The first-order chi connectivity index (χ1) is 10.8. The molecule has 1 saturated heterocycles. The number of nitrogens with one attached hydrogen (secondary N) is 1. The van der Waals surface area contributed by atoms with Crippen molar-refractivity contribution in [2.45, 2.75) is 25.8 Å². The summed E-state index contributed by atoms with van der Waals surface area (Å²) in [7, 11) is 0. The molecule has 116 valence electrons. The second-order valence-electron chi connectivity index (χ2n) is 5.53. The van der Waals surface area contributed by atoms with Crippen LogP contribution in [0.2, 0.25) is 0 Å². The molecule has 3 rings (SSSR count). The van der Waals surface area contributed by atoms with Crippen molar-refractivity contribution in [2.75, 3.05) is 24.2 Å². The zero-order valence-corrected chi connectivity index (χ0v) is 13.4. The van der Waals surface area contributed by atoms with Gasteiger partial charge in [0.05, 0.1) is 6.21 Å². The Labute approximate surface area is 134 Å². The van der Waals surface area contributed by atoms with Gasteiger partial charge in [0.15, 0.2) is 0 Å². The molecule has 1 aliphatic heterocycles. The lowest BCUT2D eigenvalue weighted by molar-refractivity contribution is 0.221. The number of likely N-dealkylation sites (tertiary alicyclic amines) is 1. The van der Waals surface area contributed by atoms with Gasteiger partial charge >= 0.3 is 0 Å². The van der Waals surface area contributed by atoms with Crippen LogP contribution in [0, 0.1) is 0 Å². The highest BCUT2D eigenvalue weighted by Crippen LogP contribution is 2.16. The first-order valence-electron chi connectivity index (χ1n) is 7.61. The van der Waals surface area contributed by atoms with E-state index < -0.39 is 0 Å². The van der Waals surface area contributed by atoms with Crippen LogP contribution in [-0.4, -0.2) is 29.2 Å². The number of hydrogen-bond acceptors (Lipinski definition) is 6. The summed E-state index contributed by atoms with van der Waals surface area (Å²) in [6.45, 7) is 3.45. The van der Waals surface area contributed by atoms with Gasteiger partial charge in [-0.1, -0.05) is 24.6 Å². The van der Waals surface area contributed by atoms with E-state index in [-0.39, 0.29) is 0 Å². The van der Waals surface area contributed by atoms with Crippen LogP contribution in [0.5, 0.6) is 0 Å². The summed E-state index contributed by atoms with van der Waals surface area (Å²) in [5.41, 5.74) is 10.9. The fraction of sp³-hybridized carbons (Fsp3) is 0.375. The molecule has 0 radical (unpaired) electrons. The minimum absolute atomic E-state index is 0.520. The topological polar surface area (TPSA) is 66.5 Å². The van der Waals surface area contributed by atoms with Crippen LogP contribution >= 0.6 is 11.3 Å². The molecule has 0 spiro atoms. The second-order valence-corrected chi connectivity index (χ2v) is 6.39. The van der Waals surface area contributed by atoms with E-state index >= 15 is 0 Å². The average Bonchev–Trinajstić information content (AvgIpc) is 2.94. The van der Waals surface area contributed by atoms with Gasteiger partial charge < -0.3 is 5.73 Å². The van der Waals surface area contributed by atoms with E-state index in [1.165, 1.54) is 49.3 Å². The van der Waals surface area contributed by atoms with Crippen molar-refractivity contribution in [1.82, 2.24) is 9.88 Å². The van der Waals surface area contributed by atoms with E-state index in [0.29, 0.717) is 10.9 Å². The number of nitrogens with two attached hydrogens (primary N) is 1. The van der Waals surface area contributed by atoms with Crippen molar-refractivity contribution in [3.05, 3.63) is 40.8 Å². The minimum atomic E-state index is 0.520. The Kier molecular flexibility index (Phi) is 5.03. The number of aromatic nitrogens is 1. The minimum Gasteiger partial charge on any atom is -0.383 e. The molecular weight excluding hydrogens is 294 g/mol. The molecule has 5 nitrogen and oxygen atoms in total. The van der Waals surface area contributed by atoms with Crippen LogP contribution in [0.3, 0.4) is 0 Å². The fourth-order valence-electron chi connectivity index (χ4n) is 2.65. The monoisotopic (exact) mass is 315 g/mol. The lowest BCUT2D eigenvalue weighted by Crippen LogP contribution is -2.29. The molecule has 3 N–H and O–H groups in total. The first-order valence-corrected chi connectivity index (χ1v) is 8.49. The number of nitrogens with zero attached hydrogens (tertiary/aromatic N) is 3. The molecule has 2 heterocycles. The van der Waals surface area contributed by atoms with Crippen LogP contribution in [0.25, 0.3) is 0 Å². The Morgan fingerprint density at radius 3 is 2.95 bits per heavy atom. The summed E-state index contributed by atoms with van der Waals surface area (Å²) in [6.07, 6.45) is 5.83. The van der Waals surface area contributed by atoms with Crippen molar-refractivity contribution in [3.8, 4) is 0 Å². The molecule has 0 aliphatic carbocycles. The molecule has 0 saturated carbocycles. The summed E-state index contributed by atoms with van der Waals surface area (Å²) < 4.78 is 0. The van der Waals surface area contributed by atoms with E-state index in [1.807, 2.05) is 6.21 Å². The largest absolute Gasteiger partial charge is 0.383 e. The van der Waals surface area contributed by atoms with E-state index in [2.05, 4.69) is 44.7 Å². The number of thiazole rings is 1. The predicted molar refractivity (Wildman–Crippen MR) is 93.3 cm³/mol. The van der Waals surface area contributed by atoms with Gasteiger partial charge in [0.1, 0.15) is 5.82 Å². The summed E-state index contributed by atoms with van der Waals surface area (Å²) >= 11 is 1.44. The van der Waals surface area contributed by atoms with Gasteiger partial charge in [-0.2, -0.15) is 5.10 Å². The zero-order valence-electron chi connectivity index (χ0n) is 12.5. The Morgan fingerprint density at radius 2 is 2.18 bits per heavy atom. The summed E-state index contributed by atoms with van der Waals surface area (Å²) in [5.74, 6) is 0.520. The van der Waals surface area contributed by atoms with Gasteiger partial charge in [-0.15, -0.1) is 11.3 Å². The molecule has 1 aromatic heterocycles. The maximum Gasteiger partial charge on any atom is 0.205 e. The summed E-state index contributed by atoms with van der Waals surface area (Å²) in [4.78, 5) is 6.63. The molecule has 0 unspecified atom stereocenters. The van der Waals surface area contributed by atoms with Gasteiger partial charge in [-0.05, 0) is 43.1 Å². The van der Waals surface area contributed by atoms with Crippen molar-refractivity contribution in [1.29, 1.82) is 0 Å². The molecule has 0 amide bonds. The van der Waals surface area contributed by atoms with Crippen LogP contribution in [-0.2, 0) is 6.54 Å². The Hall–Kier alpha value is -1.92. The molecular formula is C16H21N5S. The SMILES string of the molecule is Nc1csc(NN=Cc2cccc(CN3CCCCC3)c2)n1. The molecule has 1 aromatic carbocycles. The van der Waals surface area contributed by atoms with Crippen molar-refractivity contribution >= 4 is 28.5 Å². The number of piperidine rings is 1.